The number of alkyl halides is 7. The van der Waals surface area contributed by atoms with Crippen molar-refractivity contribution in [3.05, 3.63) is 107 Å². The van der Waals surface area contributed by atoms with Crippen molar-refractivity contribution in [2.24, 2.45) is 5.92 Å². The second-order valence-electron chi connectivity index (χ2n) is 10.8. The molecule has 0 radical (unpaired) electrons. The molecule has 3 aromatic rings. The first kappa shape index (κ1) is 28.0. The molecular weight excluding hydrogens is 540 g/mol. The van der Waals surface area contributed by atoms with Crippen LogP contribution in [-0.4, -0.2) is 35.7 Å². The standard InChI is InChI=1S/C30H29ClF6NO/c1-38-14-12-23(13-15-38)27(39-19-20-16-24(29(32,33)34)18-25(17-20)30(35,36)37)28(38,31)26(21-8-4-2-5-9-21)22-10-6-3-7-11-22/h2-11,16-18,23,26-27H,12-15,19H2,1H3/q+1/t23?,27-,28+,38?/m0/s1. The van der Waals surface area contributed by atoms with Gasteiger partial charge < -0.3 is 9.22 Å². The van der Waals surface area contributed by atoms with Gasteiger partial charge in [0.25, 0.3) is 0 Å². The molecule has 0 saturated carbocycles. The Morgan fingerprint density at radius 3 is 1.72 bits per heavy atom. The molecule has 3 saturated heterocycles. The molecule has 9 heteroatoms. The molecule has 0 unspecified atom stereocenters. The molecule has 0 aliphatic carbocycles. The van der Waals surface area contributed by atoms with Crippen molar-refractivity contribution in [1.82, 2.24) is 0 Å². The van der Waals surface area contributed by atoms with E-state index in [1.807, 2.05) is 60.7 Å². The highest BCUT2D eigenvalue weighted by Gasteiger charge is 2.66. The van der Waals surface area contributed by atoms with E-state index < -0.39 is 41.2 Å². The van der Waals surface area contributed by atoms with Gasteiger partial charge in [0.1, 0.15) is 6.10 Å². The minimum atomic E-state index is -4.92. The topological polar surface area (TPSA) is 9.23 Å². The molecule has 3 aliphatic heterocycles. The van der Waals surface area contributed by atoms with Crippen LogP contribution >= 0.6 is 11.6 Å². The maximum atomic E-state index is 13.5. The smallest absolute Gasteiger partial charge is 0.365 e. The number of nitrogens with zero attached hydrogens (tertiary/aromatic N) is 1. The summed E-state index contributed by atoms with van der Waals surface area (Å²) < 4.78 is 87.7. The minimum absolute atomic E-state index is 0.0188. The Labute approximate surface area is 228 Å². The molecule has 0 aromatic heterocycles. The number of fused-ring (bicyclic) bond motifs is 3. The first-order valence-corrected chi connectivity index (χ1v) is 13.2. The van der Waals surface area contributed by atoms with Gasteiger partial charge in [-0.1, -0.05) is 72.3 Å². The quantitative estimate of drug-likeness (QED) is 0.126. The fraction of sp³-hybridized carbons (Fsp3) is 0.400. The Hall–Kier alpha value is -2.55. The minimum Gasteiger partial charge on any atom is -0.365 e. The second kappa shape index (κ2) is 10.1. The zero-order valence-electron chi connectivity index (χ0n) is 21.3. The Balaban J connectivity index is 1.57. The molecule has 0 amide bonds. The summed E-state index contributed by atoms with van der Waals surface area (Å²) in [5.41, 5.74) is -0.957. The molecule has 3 heterocycles. The van der Waals surface area contributed by atoms with E-state index in [-0.39, 0.29) is 23.5 Å². The van der Waals surface area contributed by atoms with Gasteiger partial charge in [0.2, 0.25) is 5.00 Å². The summed E-state index contributed by atoms with van der Waals surface area (Å²) in [4.78, 5) is -1.04. The number of quaternary nitrogens is 1. The van der Waals surface area contributed by atoms with Gasteiger partial charge in [0, 0.05) is 18.8 Å². The van der Waals surface area contributed by atoms with Crippen molar-refractivity contribution >= 4 is 11.6 Å². The molecule has 3 aromatic carbocycles. The van der Waals surface area contributed by atoms with E-state index in [2.05, 4.69) is 7.05 Å². The molecule has 6 rings (SSSR count). The third kappa shape index (κ3) is 5.19. The Morgan fingerprint density at radius 1 is 0.821 bits per heavy atom. The molecular formula is C30H29ClF6NO+. The zero-order chi connectivity index (χ0) is 28.1. The van der Waals surface area contributed by atoms with Crippen LogP contribution in [0.25, 0.3) is 0 Å². The highest BCUT2D eigenvalue weighted by Crippen LogP contribution is 2.56. The lowest BCUT2D eigenvalue weighted by atomic mass is 9.69. The number of likely N-dealkylation sites (N-methyl/N-ethyl adjacent to an activating group) is 1. The van der Waals surface area contributed by atoms with Crippen molar-refractivity contribution in [3.8, 4) is 0 Å². The normalized spacial score (nSPS) is 27.2. The fourth-order valence-electron chi connectivity index (χ4n) is 6.41. The molecule has 2 bridgehead atoms. The van der Waals surface area contributed by atoms with Crippen LogP contribution < -0.4 is 0 Å². The summed E-state index contributed by atoms with van der Waals surface area (Å²) in [5.74, 6) is -0.308. The number of benzene rings is 3. The van der Waals surface area contributed by atoms with Crippen molar-refractivity contribution in [2.45, 2.75) is 48.8 Å². The summed E-state index contributed by atoms with van der Waals surface area (Å²) >= 11 is 7.78. The highest BCUT2D eigenvalue weighted by atomic mass is 35.5. The summed E-state index contributed by atoms with van der Waals surface area (Å²) in [5, 5.41) is 0. The van der Waals surface area contributed by atoms with E-state index >= 15 is 0 Å². The fourth-order valence-corrected chi connectivity index (χ4v) is 7.07. The van der Waals surface area contributed by atoms with Crippen LogP contribution in [-0.2, 0) is 23.7 Å². The van der Waals surface area contributed by atoms with Crippen molar-refractivity contribution in [3.63, 3.8) is 0 Å². The molecule has 2 atom stereocenters. The zero-order valence-corrected chi connectivity index (χ0v) is 22.0. The molecule has 3 aliphatic rings. The lowest BCUT2D eigenvalue weighted by molar-refractivity contribution is -0.966. The van der Waals surface area contributed by atoms with E-state index in [0.717, 1.165) is 49.2 Å². The Morgan fingerprint density at radius 2 is 1.28 bits per heavy atom. The van der Waals surface area contributed by atoms with Crippen molar-refractivity contribution in [1.29, 1.82) is 0 Å². The van der Waals surface area contributed by atoms with Crippen molar-refractivity contribution in [2.75, 3.05) is 20.1 Å². The van der Waals surface area contributed by atoms with Gasteiger partial charge in [-0.05, 0) is 34.9 Å². The average Bonchev–Trinajstić information content (AvgIpc) is 2.89. The van der Waals surface area contributed by atoms with E-state index in [1.54, 1.807) is 0 Å². The van der Waals surface area contributed by atoms with E-state index in [9.17, 15) is 26.3 Å². The first-order valence-electron chi connectivity index (χ1n) is 12.9. The van der Waals surface area contributed by atoms with Crippen LogP contribution in [0.2, 0.25) is 0 Å². The third-order valence-electron chi connectivity index (χ3n) is 8.39. The van der Waals surface area contributed by atoms with Crippen LogP contribution in [0.15, 0.2) is 78.9 Å². The highest BCUT2D eigenvalue weighted by molar-refractivity contribution is 6.24. The van der Waals surface area contributed by atoms with Gasteiger partial charge >= 0.3 is 12.4 Å². The van der Waals surface area contributed by atoms with Gasteiger partial charge in [0.05, 0.1) is 43.8 Å². The van der Waals surface area contributed by atoms with Crippen LogP contribution in [0.5, 0.6) is 0 Å². The molecule has 0 N–H and O–H groups in total. The number of rotatable bonds is 6. The maximum absolute atomic E-state index is 13.5. The van der Waals surface area contributed by atoms with E-state index in [4.69, 9.17) is 16.3 Å². The Kier molecular flexibility index (Phi) is 7.27. The van der Waals surface area contributed by atoms with Gasteiger partial charge in [-0.3, -0.25) is 0 Å². The van der Waals surface area contributed by atoms with Crippen LogP contribution in [0.3, 0.4) is 0 Å². The van der Waals surface area contributed by atoms with Crippen LogP contribution in [0, 0.1) is 5.92 Å². The molecule has 39 heavy (non-hydrogen) atoms. The second-order valence-corrected chi connectivity index (χ2v) is 11.4. The number of hydrogen-bond donors (Lipinski definition) is 0. The van der Waals surface area contributed by atoms with Crippen LogP contribution in [0.4, 0.5) is 26.3 Å². The lowest BCUT2D eigenvalue weighted by Crippen LogP contribution is -2.76. The predicted molar refractivity (Wildman–Crippen MR) is 137 cm³/mol. The molecule has 2 nitrogen and oxygen atoms in total. The summed E-state index contributed by atoms with van der Waals surface area (Å²) in [7, 11) is 2.07. The van der Waals surface area contributed by atoms with E-state index in [1.165, 1.54) is 0 Å². The monoisotopic (exact) mass is 568 g/mol. The molecule has 3 fully saturated rings. The predicted octanol–water partition coefficient (Wildman–Crippen LogP) is 8.25. The number of ether oxygens (including phenoxy) is 1. The largest absolute Gasteiger partial charge is 0.416 e. The third-order valence-corrected chi connectivity index (χ3v) is 9.23. The summed E-state index contributed by atoms with van der Waals surface area (Å²) in [6.45, 7) is 1.18. The SMILES string of the molecule is C[N+]12CCC(CC1)[C@H](OCc1cc(C(F)(F)F)cc(C(F)(F)F)c1)[C@@]2(Cl)C(c1ccccc1)c1ccccc1. The summed E-state index contributed by atoms with van der Waals surface area (Å²) in [6.07, 6.45) is -8.84. The lowest BCUT2D eigenvalue weighted by Gasteiger charge is -2.62. The first-order chi connectivity index (χ1) is 18.3. The van der Waals surface area contributed by atoms with Crippen molar-refractivity contribution < 1.29 is 35.6 Å². The number of piperidine rings is 3. The summed E-state index contributed by atoms with van der Waals surface area (Å²) in [6, 6.07) is 21.1. The maximum Gasteiger partial charge on any atom is 0.416 e. The average molecular weight is 569 g/mol. The van der Waals surface area contributed by atoms with E-state index in [0.29, 0.717) is 4.48 Å². The van der Waals surface area contributed by atoms with Gasteiger partial charge in [-0.15, -0.1) is 0 Å². The van der Waals surface area contributed by atoms with Crippen LogP contribution in [0.1, 0.15) is 46.6 Å². The van der Waals surface area contributed by atoms with Gasteiger partial charge in [-0.2, -0.15) is 26.3 Å². The molecule has 0 spiro atoms. The van der Waals surface area contributed by atoms with Gasteiger partial charge in [0.15, 0.2) is 0 Å². The Bertz CT molecular complexity index is 1220. The number of hydrogen-bond acceptors (Lipinski definition) is 1. The van der Waals surface area contributed by atoms with Gasteiger partial charge in [-0.25, -0.2) is 0 Å². The number of halogens is 7. The molecule has 208 valence electrons.